The van der Waals surface area contributed by atoms with Crippen LogP contribution in [0.4, 0.5) is 0 Å². The monoisotopic (exact) mass is 453 g/mol. The highest BCUT2D eigenvalue weighted by Crippen LogP contribution is 2.31. The molecule has 1 unspecified atom stereocenters. The molecule has 0 fully saturated rings. The lowest BCUT2D eigenvalue weighted by Gasteiger charge is -2.22. The Hall–Kier alpha value is -3.64. The van der Waals surface area contributed by atoms with Crippen molar-refractivity contribution in [3.8, 4) is 0 Å². The molecule has 2 heterocycles. The molecule has 2 aromatic heterocycles. The Kier molecular flexibility index (Phi) is 6.32. The Bertz CT molecular complexity index is 1270. The lowest BCUT2D eigenvalue weighted by molar-refractivity contribution is -0.123. The number of rotatable bonds is 8. The zero-order chi connectivity index (χ0) is 23.5. The number of carbonyl (C=O) groups excluding carboxylic acids is 1. The number of hydrogen-bond acceptors (Lipinski definition) is 3. The summed E-state index contributed by atoms with van der Waals surface area (Å²) in [5, 5.41) is 6.67. The van der Waals surface area contributed by atoms with Gasteiger partial charge in [-0.1, -0.05) is 61.5 Å². The first-order valence-electron chi connectivity index (χ1n) is 12.0. The lowest BCUT2D eigenvalue weighted by atomic mass is 9.91. The van der Waals surface area contributed by atoms with Crippen molar-refractivity contribution in [1.29, 1.82) is 0 Å². The van der Waals surface area contributed by atoms with E-state index in [1.807, 2.05) is 61.5 Å². The molecule has 1 aliphatic carbocycles. The lowest BCUT2D eigenvalue weighted by Crippen LogP contribution is -2.46. The van der Waals surface area contributed by atoms with Crippen LogP contribution in [0.3, 0.4) is 0 Å². The number of imidazole rings is 1. The number of aromatic amines is 2. The van der Waals surface area contributed by atoms with E-state index in [1.54, 1.807) is 0 Å². The van der Waals surface area contributed by atoms with E-state index in [4.69, 9.17) is 0 Å². The van der Waals surface area contributed by atoms with E-state index in [0.717, 1.165) is 34.4 Å². The van der Waals surface area contributed by atoms with Gasteiger partial charge in [-0.2, -0.15) is 0 Å². The van der Waals surface area contributed by atoms with E-state index >= 15 is 0 Å². The quantitative estimate of drug-likeness (QED) is 0.303. The van der Waals surface area contributed by atoms with Crippen molar-refractivity contribution < 1.29 is 4.79 Å². The Morgan fingerprint density at radius 2 is 1.94 bits per heavy atom. The smallest absolute Gasteiger partial charge is 0.237 e. The third kappa shape index (κ3) is 4.68. The van der Waals surface area contributed by atoms with Crippen LogP contribution in [0.5, 0.6) is 0 Å². The number of aromatic nitrogens is 3. The number of nitrogens with zero attached hydrogens (tertiary/aromatic N) is 1. The van der Waals surface area contributed by atoms with Gasteiger partial charge >= 0.3 is 0 Å². The van der Waals surface area contributed by atoms with Crippen LogP contribution in [0, 0.1) is 0 Å². The average Bonchev–Trinajstić information content (AvgIpc) is 3.46. The fourth-order valence-corrected chi connectivity index (χ4v) is 4.70. The molecule has 0 spiro atoms. The molecule has 3 atom stereocenters. The molecule has 1 aliphatic rings. The molecule has 4 aromatic rings. The largest absolute Gasteiger partial charge is 0.364 e. The molecule has 2 aromatic carbocycles. The molecule has 0 bridgehead atoms. The molecule has 1 amide bonds. The van der Waals surface area contributed by atoms with E-state index in [2.05, 4.69) is 50.9 Å². The third-order valence-corrected chi connectivity index (χ3v) is 6.66. The van der Waals surface area contributed by atoms with Crippen molar-refractivity contribution in [3.63, 3.8) is 0 Å². The fraction of sp³-hybridized carbons (Fsp3) is 0.286. The first kappa shape index (κ1) is 22.2. The van der Waals surface area contributed by atoms with Gasteiger partial charge in [-0.05, 0) is 48.6 Å². The van der Waals surface area contributed by atoms with Crippen LogP contribution >= 0.6 is 0 Å². The number of amides is 1. The minimum atomic E-state index is -0.398. The molecule has 5 rings (SSSR count). The summed E-state index contributed by atoms with van der Waals surface area (Å²) in [7, 11) is 0. The van der Waals surface area contributed by atoms with Crippen LogP contribution in [0.2, 0.25) is 0 Å². The summed E-state index contributed by atoms with van der Waals surface area (Å²) in [6, 6.07) is 17.5. The number of fused-ring (bicyclic) bond motifs is 2. The van der Waals surface area contributed by atoms with E-state index in [0.29, 0.717) is 18.9 Å². The fourth-order valence-electron chi connectivity index (χ4n) is 4.70. The van der Waals surface area contributed by atoms with Gasteiger partial charge in [0, 0.05) is 17.8 Å². The van der Waals surface area contributed by atoms with Crippen LogP contribution in [0.25, 0.3) is 17.1 Å². The summed E-state index contributed by atoms with van der Waals surface area (Å²) in [6.07, 6.45) is 8.09. The molecule has 4 N–H and O–H groups in total. The van der Waals surface area contributed by atoms with Crippen molar-refractivity contribution in [2.45, 2.75) is 51.2 Å². The first-order chi connectivity index (χ1) is 16.6. The minimum Gasteiger partial charge on any atom is -0.364 e. The van der Waals surface area contributed by atoms with Crippen LogP contribution < -0.4 is 10.6 Å². The SMILES string of the molecule is CC1CC=Cc2c(C[C@@H](NCc3nc4ccccc4[nH]3)C(=O)N[C@@H](C)c3ccccc3)c[nH]c21. The number of para-hydroxylation sites is 2. The maximum absolute atomic E-state index is 13.4. The van der Waals surface area contributed by atoms with E-state index in [1.165, 1.54) is 11.3 Å². The van der Waals surface area contributed by atoms with Gasteiger partial charge in [-0.25, -0.2) is 4.98 Å². The van der Waals surface area contributed by atoms with E-state index in [9.17, 15) is 4.79 Å². The Balaban J connectivity index is 1.35. The first-order valence-corrected chi connectivity index (χ1v) is 12.0. The van der Waals surface area contributed by atoms with Crippen LogP contribution in [-0.4, -0.2) is 26.9 Å². The van der Waals surface area contributed by atoms with Gasteiger partial charge in [0.15, 0.2) is 0 Å². The second-order valence-corrected chi connectivity index (χ2v) is 9.16. The Labute approximate surface area is 199 Å². The molecule has 0 aliphatic heterocycles. The number of hydrogen-bond donors (Lipinski definition) is 4. The minimum absolute atomic E-state index is 0.0183. The van der Waals surface area contributed by atoms with Crippen LogP contribution in [-0.2, 0) is 17.8 Å². The number of allylic oxidation sites excluding steroid dienone is 1. The van der Waals surface area contributed by atoms with Gasteiger partial charge in [-0.15, -0.1) is 0 Å². The molecule has 6 nitrogen and oxygen atoms in total. The highest BCUT2D eigenvalue weighted by molar-refractivity contribution is 5.83. The summed E-state index contributed by atoms with van der Waals surface area (Å²) in [6.45, 7) is 4.73. The zero-order valence-corrected chi connectivity index (χ0v) is 19.6. The predicted molar refractivity (Wildman–Crippen MR) is 136 cm³/mol. The summed E-state index contributed by atoms with van der Waals surface area (Å²) in [5.41, 5.74) is 6.64. The second-order valence-electron chi connectivity index (χ2n) is 9.16. The van der Waals surface area contributed by atoms with Gasteiger partial charge in [0.2, 0.25) is 5.91 Å². The summed E-state index contributed by atoms with van der Waals surface area (Å²) in [5.74, 6) is 1.26. The molecule has 0 saturated carbocycles. The third-order valence-electron chi connectivity index (χ3n) is 6.66. The molecule has 0 saturated heterocycles. The van der Waals surface area contributed by atoms with E-state index in [-0.39, 0.29) is 11.9 Å². The highest BCUT2D eigenvalue weighted by Gasteiger charge is 2.25. The summed E-state index contributed by atoms with van der Waals surface area (Å²) >= 11 is 0. The maximum atomic E-state index is 13.4. The van der Waals surface area contributed by atoms with Crippen molar-refractivity contribution in [2.75, 3.05) is 0 Å². The predicted octanol–water partition coefficient (Wildman–Crippen LogP) is 4.99. The molecular formula is C28H31N5O. The van der Waals surface area contributed by atoms with Crippen molar-refractivity contribution in [1.82, 2.24) is 25.6 Å². The number of carbonyl (C=O) groups is 1. The normalized spacial score (nSPS) is 16.8. The van der Waals surface area contributed by atoms with Gasteiger partial charge in [0.1, 0.15) is 5.82 Å². The van der Waals surface area contributed by atoms with Crippen molar-refractivity contribution >= 4 is 23.0 Å². The molecule has 0 radical (unpaired) electrons. The average molecular weight is 454 g/mol. The van der Waals surface area contributed by atoms with Gasteiger partial charge in [0.05, 0.1) is 29.7 Å². The summed E-state index contributed by atoms with van der Waals surface area (Å²) < 4.78 is 0. The maximum Gasteiger partial charge on any atom is 0.237 e. The zero-order valence-electron chi connectivity index (χ0n) is 19.6. The van der Waals surface area contributed by atoms with Crippen LogP contribution in [0.1, 0.15) is 60.4 Å². The molecular weight excluding hydrogens is 422 g/mol. The Morgan fingerprint density at radius 1 is 1.15 bits per heavy atom. The molecule has 34 heavy (non-hydrogen) atoms. The van der Waals surface area contributed by atoms with E-state index < -0.39 is 6.04 Å². The van der Waals surface area contributed by atoms with Gasteiger partial charge in [0.25, 0.3) is 0 Å². The highest BCUT2D eigenvalue weighted by atomic mass is 16.2. The van der Waals surface area contributed by atoms with Gasteiger partial charge < -0.3 is 15.3 Å². The topological polar surface area (TPSA) is 85.6 Å². The summed E-state index contributed by atoms with van der Waals surface area (Å²) in [4.78, 5) is 24.9. The second kappa shape index (κ2) is 9.69. The van der Waals surface area contributed by atoms with Crippen molar-refractivity contribution in [3.05, 3.63) is 95.1 Å². The molecule has 6 heteroatoms. The standard InChI is InChI=1S/C28H31N5O/c1-18-9-8-12-22-21(16-30-27(18)22)15-25(28(34)31-19(2)20-10-4-3-5-11-20)29-17-26-32-23-13-6-7-14-24(23)33-26/h3-8,10-14,16,18-19,25,29-30H,9,15,17H2,1-2H3,(H,31,34)(H,32,33)/t18?,19-,25+/m0/s1. The number of benzene rings is 2. The Morgan fingerprint density at radius 3 is 2.76 bits per heavy atom. The van der Waals surface area contributed by atoms with Crippen LogP contribution in [0.15, 0.2) is 66.9 Å². The number of nitrogens with one attached hydrogen (secondary N) is 4. The molecule has 174 valence electrons. The van der Waals surface area contributed by atoms with Gasteiger partial charge in [-0.3, -0.25) is 10.1 Å². The van der Waals surface area contributed by atoms with Crippen molar-refractivity contribution in [2.24, 2.45) is 0 Å². The number of H-pyrrole nitrogens is 2.